The van der Waals surface area contributed by atoms with Crippen LogP contribution >= 0.6 is 0 Å². The number of nitrogens with zero attached hydrogens (tertiary/aromatic N) is 1. The highest BCUT2D eigenvalue weighted by Crippen LogP contribution is 2.29. The normalized spacial score (nSPS) is 35.6. The van der Waals surface area contributed by atoms with Gasteiger partial charge in [-0.1, -0.05) is 26.2 Å². The lowest BCUT2D eigenvalue weighted by molar-refractivity contribution is 0.144. The molecular formula is C12H24N2. The molecule has 2 atom stereocenters. The van der Waals surface area contributed by atoms with Crippen LogP contribution in [0.1, 0.15) is 39.0 Å². The monoisotopic (exact) mass is 196 g/mol. The quantitative estimate of drug-likeness (QED) is 0.746. The third-order valence-electron chi connectivity index (χ3n) is 4.13. The molecule has 2 N–H and O–H groups in total. The van der Waals surface area contributed by atoms with E-state index in [-0.39, 0.29) is 0 Å². The van der Waals surface area contributed by atoms with Gasteiger partial charge in [-0.15, -0.1) is 0 Å². The molecule has 1 saturated carbocycles. The Bertz CT molecular complexity index is 177. The lowest BCUT2D eigenvalue weighted by Gasteiger charge is -2.36. The predicted octanol–water partition coefficient (Wildman–Crippen LogP) is 1.85. The molecule has 2 fully saturated rings. The molecule has 0 spiro atoms. The van der Waals surface area contributed by atoms with Crippen molar-refractivity contribution in [3.8, 4) is 0 Å². The first kappa shape index (κ1) is 10.4. The molecular weight excluding hydrogens is 172 g/mol. The molecule has 14 heavy (non-hydrogen) atoms. The molecule has 0 aromatic carbocycles. The van der Waals surface area contributed by atoms with Gasteiger partial charge in [-0.2, -0.15) is 0 Å². The maximum Gasteiger partial charge on any atom is 0.00889 e. The minimum atomic E-state index is 0.454. The molecule has 1 aliphatic carbocycles. The van der Waals surface area contributed by atoms with Crippen molar-refractivity contribution in [2.45, 2.75) is 45.1 Å². The first-order valence-electron chi connectivity index (χ1n) is 6.23. The van der Waals surface area contributed by atoms with E-state index in [1.807, 2.05) is 0 Å². The average molecular weight is 196 g/mol. The van der Waals surface area contributed by atoms with Gasteiger partial charge < -0.3 is 10.6 Å². The molecule has 1 aliphatic heterocycles. The first-order chi connectivity index (χ1) is 6.75. The maximum absolute atomic E-state index is 6.01. The van der Waals surface area contributed by atoms with Gasteiger partial charge >= 0.3 is 0 Å². The molecule has 0 bridgehead atoms. The second kappa shape index (κ2) is 4.63. The highest BCUT2D eigenvalue weighted by atomic mass is 15.1. The van der Waals surface area contributed by atoms with E-state index >= 15 is 0 Å². The number of rotatable bonds is 3. The van der Waals surface area contributed by atoms with Crippen LogP contribution in [0.3, 0.4) is 0 Å². The third kappa shape index (κ3) is 2.48. The van der Waals surface area contributed by atoms with Crippen molar-refractivity contribution in [3.63, 3.8) is 0 Å². The molecule has 2 aliphatic rings. The number of hydrogen-bond acceptors (Lipinski definition) is 2. The maximum atomic E-state index is 6.01. The van der Waals surface area contributed by atoms with Gasteiger partial charge in [0.1, 0.15) is 0 Å². The Labute approximate surface area is 87.8 Å². The van der Waals surface area contributed by atoms with Gasteiger partial charge in [0.15, 0.2) is 0 Å². The second-order valence-corrected chi connectivity index (χ2v) is 5.32. The van der Waals surface area contributed by atoms with Crippen molar-refractivity contribution < 1.29 is 0 Å². The van der Waals surface area contributed by atoms with E-state index < -0.39 is 0 Å². The zero-order valence-corrected chi connectivity index (χ0v) is 9.41. The molecule has 0 amide bonds. The van der Waals surface area contributed by atoms with E-state index in [1.54, 1.807) is 0 Å². The van der Waals surface area contributed by atoms with Gasteiger partial charge in [0, 0.05) is 12.6 Å². The number of piperidine rings is 1. The molecule has 2 heteroatoms. The SMILES string of the molecule is CC1CN(CCC2CCC2)CCC1N. The zero-order chi connectivity index (χ0) is 9.97. The van der Waals surface area contributed by atoms with Crippen molar-refractivity contribution in [1.82, 2.24) is 4.90 Å². The summed E-state index contributed by atoms with van der Waals surface area (Å²) in [6.07, 6.45) is 7.09. The van der Waals surface area contributed by atoms with E-state index in [2.05, 4.69) is 11.8 Å². The van der Waals surface area contributed by atoms with Crippen molar-refractivity contribution in [3.05, 3.63) is 0 Å². The summed E-state index contributed by atoms with van der Waals surface area (Å²) >= 11 is 0. The summed E-state index contributed by atoms with van der Waals surface area (Å²) in [4.78, 5) is 2.62. The van der Waals surface area contributed by atoms with Crippen LogP contribution in [0, 0.1) is 11.8 Å². The van der Waals surface area contributed by atoms with Gasteiger partial charge in [0.2, 0.25) is 0 Å². The number of nitrogens with two attached hydrogens (primary N) is 1. The highest BCUT2D eigenvalue weighted by Gasteiger charge is 2.24. The molecule has 2 rings (SSSR count). The van der Waals surface area contributed by atoms with E-state index in [1.165, 1.54) is 51.7 Å². The summed E-state index contributed by atoms with van der Waals surface area (Å²) in [5.41, 5.74) is 6.01. The fraction of sp³-hybridized carbons (Fsp3) is 1.00. The topological polar surface area (TPSA) is 29.3 Å². The van der Waals surface area contributed by atoms with Crippen LogP contribution < -0.4 is 5.73 Å². The standard InChI is InChI=1S/C12H24N2/c1-10-9-14(8-6-12(10)13)7-5-11-3-2-4-11/h10-12H,2-9,13H2,1H3. The Kier molecular flexibility index (Phi) is 3.45. The minimum Gasteiger partial charge on any atom is -0.327 e. The van der Waals surface area contributed by atoms with Gasteiger partial charge in [0.05, 0.1) is 0 Å². The summed E-state index contributed by atoms with van der Waals surface area (Å²) in [5, 5.41) is 0. The Balaban J connectivity index is 1.65. The van der Waals surface area contributed by atoms with Gasteiger partial charge in [-0.05, 0) is 37.8 Å². The first-order valence-corrected chi connectivity index (χ1v) is 6.23. The van der Waals surface area contributed by atoms with Crippen molar-refractivity contribution >= 4 is 0 Å². The Morgan fingerprint density at radius 2 is 2.07 bits per heavy atom. The summed E-state index contributed by atoms with van der Waals surface area (Å²) in [6, 6.07) is 0.454. The van der Waals surface area contributed by atoms with E-state index in [4.69, 9.17) is 5.73 Å². The fourth-order valence-corrected chi connectivity index (χ4v) is 2.60. The van der Waals surface area contributed by atoms with Crippen LogP contribution in [0.4, 0.5) is 0 Å². The van der Waals surface area contributed by atoms with Crippen molar-refractivity contribution in [1.29, 1.82) is 0 Å². The summed E-state index contributed by atoms with van der Waals surface area (Å²) < 4.78 is 0. The predicted molar refractivity (Wildman–Crippen MR) is 60.2 cm³/mol. The number of hydrogen-bond donors (Lipinski definition) is 1. The van der Waals surface area contributed by atoms with Crippen molar-refractivity contribution in [2.75, 3.05) is 19.6 Å². The van der Waals surface area contributed by atoms with Gasteiger partial charge in [-0.25, -0.2) is 0 Å². The Morgan fingerprint density at radius 1 is 1.29 bits per heavy atom. The van der Waals surface area contributed by atoms with E-state index in [0.717, 1.165) is 5.92 Å². The zero-order valence-electron chi connectivity index (χ0n) is 9.41. The molecule has 2 nitrogen and oxygen atoms in total. The van der Waals surface area contributed by atoms with Crippen LogP contribution in [0.5, 0.6) is 0 Å². The van der Waals surface area contributed by atoms with Crippen LogP contribution in [-0.2, 0) is 0 Å². The smallest absolute Gasteiger partial charge is 0.00889 e. The van der Waals surface area contributed by atoms with E-state index in [0.29, 0.717) is 12.0 Å². The largest absolute Gasteiger partial charge is 0.327 e. The molecule has 1 heterocycles. The Morgan fingerprint density at radius 3 is 2.64 bits per heavy atom. The molecule has 0 radical (unpaired) electrons. The highest BCUT2D eigenvalue weighted by molar-refractivity contribution is 4.81. The average Bonchev–Trinajstić information content (AvgIpc) is 2.08. The van der Waals surface area contributed by atoms with E-state index in [9.17, 15) is 0 Å². The van der Waals surface area contributed by atoms with Gasteiger partial charge in [-0.3, -0.25) is 0 Å². The number of likely N-dealkylation sites (tertiary alicyclic amines) is 1. The van der Waals surface area contributed by atoms with Crippen LogP contribution in [-0.4, -0.2) is 30.6 Å². The summed E-state index contributed by atoms with van der Waals surface area (Å²) in [6.45, 7) is 6.08. The van der Waals surface area contributed by atoms with Crippen LogP contribution in [0.2, 0.25) is 0 Å². The summed E-state index contributed by atoms with van der Waals surface area (Å²) in [5.74, 6) is 1.76. The van der Waals surface area contributed by atoms with Crippen LogP contribution in [0.25, 0.3) is 0 Å². The molecule has 1 saturated heterocycles. The lowest BCUT2D eigenvalue weighted by Crippen LogP contribution is -2.46. The van der Waals surface area contributed by atoms with Gasteiger partial charge in [0.25, 0.3) is 0 Å². The summed E-state index contributed by atoms with van der Waals surface area (Å²) in [7, 11) is 0. The second-order valence-electron chi connectivity index (χ2n) is 5.32. The fourth-order valence-electron chi connectivity index (χ4n) is 2.60. The molecule has 0 aromatic rings. The third-order valence-corrected chi connectivity index (χ3v) is 4.13. The Hall–Kier alpha value is -0.0800. The van der Waals surface area contributed by atoms with Crippen molar-refractivity contribution in [2.24, 2.45) is 17.6 Å². The lowest BCUT2D eigenvalue weighted by atomic mass is 9.82. The minimum absolute atomic E-state index is 0.454. The molecule has 82 valence electrons. The molecule has 2 unspecified atom stereocenters. The van der Waals surface area contributed by atoms with Crippen LogP contribution in [0.15, 0.2) is 0 Å². The molecule has 0 aromatic heterocycles.